The molecule has 1 atom stereocenters. The van der Waals surface area contributed by atoms with E-state index in [-0.39, 0.29) is 12.1 Å². The maximum absolute atomic E-state index is 11.4. The Hall–Kier alpha value is -0.940. The van der Waals surface area contributed by atoms with E-state index in [2.05, 4.69) is 4.98 Å². The predicted molar refractivity (Wildman–Crippen MR) is 60.7 cm³/mol. The minimum absolute atomic E-state index is 0.279. The van der Waals surface area contributed by atoms with Crippen LogP contribution in [0.2, 0.25) is 0 Å². The molecule has 0 saturated carbocycles. The first-order chi connectivity index (χ1) is 7.79. The van der Waals surface area contributed by atoms with Crippen molar-refractivity contribution < 1.29 is 14.3 Å². The Balaban J connectivity index is 1.93. The van der Waals surface area contributed by atoms with Gasteiger partial charge >= 0.3 is 5.97 Å². The van der Waals surface area contributed by atoms with Crippen molar-refractivity contribution >= 4 is 17.3 Å². The van der Waals surface area contributed by atoms with Crippen molar-refractivity contribution in [2.45, 2.75) is 32.3 Å². The van der Waals surface area contributed by atoms with Crippen molar-refractivity contribution in [3.63, 3.8) is 0 Å². The fraction of sp³-hybridized carbons (Fsp3) is 0.636. The van der Waals surface area contributed by atoms with Crippen LogP contribution in [0.1, 0.15) is 35.3 Å². The van der Waals surface area contributed by atoms with Crippen LogP contribution in [-0.2, 0) is 15.9 Å². The van der Waals surface area contributed by atoms with Gasteiger partial charge in [0.05, 0.1) is 17.7 Å². The van der Waals surface area contributed by atoms with Gasteiger partial charge in [-0.1, -0.05) is 0 Å². The SMILES string of the molecule is CCOC(=O)c1csc(CC2CCCO2)n1. The molecule has 88 valence electrons. The van der Waals surface area contributed by atoms with Gasteiger partial charge in [0.2, 0.25) is 0 Å². The van der Waals surface area contributed by atoms with Gasteiger partial charge in [0.15, 0.2) is 5.69 Å². The van der Waals surface area contributed by atoms with Gasteiger partial charge in [0, 0.05) is 18.4 Å². The number of rotatable bonds is 4. The van der Waals surface area contributed by atoms with Gasteiger partial charge < -0.3 is 9.47 Å². The van der Waals surface area contributed by atoms with Crippen LogP contribution >= 0.6 is 11.3 Å². The largest absolute Gasteiger partial charge is 0.461 e. The summed E-state index contributed by atoms with van der Waals surface area (Å²) < 4.78 is 10.4. The number of ether oxygens (including phenoxy) is 2. The summed E-state index contributed by atoms with van der Waals surface area (Å²) >= 11 is 1.50. The second kappa shape index (κ2) is 5.41. The van der Waals surface area contributed by atoms with E-state index in [9.17, 15) is 4.79 Å². The summed E-state index contributed by atoms with van der Waals surface area (Å²) in [5.41, 5.74) is 0.417. The van der Waals surface area contributed by atoms with Crippen LogP contribution in [-0.4, -0.2) is 30.3 Å². The van der Waals surface area contributed by atoms with E-state index in [4.69, 9.17) is 9.47 Å². The molecule has 1 fully saturated rings. The lowest BCUT2D eigenvalue weighted by Crippen LogP contribution is -2.09. The van der Waals surface area contributed by atoms with Crippen LogP contribution in [0.5, 0.6) is 0 Å². The summed E-state index contributed by atoms with van der Waals surface area (Å²) in [4.78, 5) is 15.6. The molecule has 0 aromatic carbocycles. The van der Waals surface area contributed by atoms with Crippen molar-refractivity contribution in [3.05, 3.63) is 16.1 Å². The topological polar surface area (TPSA) is 48.4 Å². The highest BCUT2D eigenvalue weighted by Gasteiger charge is 2.19. The number of carbonyl (C=O) groups is 1. The molecule has 0 spiro atoms. The third kappa shape index (κ3) is 2.80. The number of nitrogens with zero attached hydrogens (tertiary/aromatic N) is 1. The van der Waals surface area contributed by atoms with Gasteiger partial charge in [-0.2, -0.15) is 0 Å². The number of thiazole rings is 1. The summed E-state index contributed by atoms with van der Waals surface area (Å²) in [6.45, 7) is 3.02. The Morgan fingerprint density at radius 2 is 2.62 bits per heavy atom. The zero-order valence-corrected chi connectivity index (χ0v) is 10.1. The molecule has 1 aromatic heterocycles. The Labute approximate surface area is 98.6 Å². The van der Waals surface area contributed by atoms with Crippen LogP contribution < -0.4 is 0 Å². The molecule has 0 radical (unpaired) electrons. The molecule has 2 rings (SSSR count). The first-order valence-electron chi connectivity index (χ1n) is 5.52. The monoisotopic (exact) mass is 241 g/mol. The Morgan fingerprint density at radius 3 is 3.31 bits per heavy atom. The fourth-order valence-electron chi connectivity index (χ4n) is 1.70. The fourth-order valence-corrected chi connectivity index (χ4v) is 2.53. The molecule has 1 unspecified atom stereocenters. The molecule has 0 bridgehead atoms. The molecule has 0 N–H and O–H groups in total. The van der Waals surface area contributed by atoms with Crippen LogP contribution in [0.25, 0.3) is 0 Å². The standard InChI is InChI=1S/C11H15NO3S/c1-2-14-11(13)9-7-16-10(12-9)6-8-4-3-5-15-8/h7-8H,2-6H2,1H3. The lowest BCUT2D eigenvalue weighted by molar-refractivity contribution is 0.0519. The van der Waals surface area contributed by atoms with Crippen LogP contribution in [0.3, 0.4) is 0 Å². The number of aromatic nitrogens is 1. The lowest BCUT2D eigenvalue weighted by atomic mass is 10.2. The van der Waals surface area contributed by atoms with E-state index in [1.165, 1.54) is 11.3 Å². The van der Waals surface area contributed by atoms with Crippen molar-refractivity contribution in [3.8, 4) is 0 Å². The van der Waals surface area contributed by atoms with Gasteiger partial charge in [0.1, 0.15) is 0 Å². The maximum atomic E-state index is 11.4. The van der Waals surface area contributed by atoms with Crippen molar-refractivity contribution in [1.29, 1.82) is 0 Å². The molecule has 1 aromatic rings. The van der Waals surface area contributed by atoms with Crippen LogP contribution in [0.4, 0.5) is 0 Å². The first-order valence-corrected chi connectivity index (χ1v) is 6.40. The number of hydrogen-bond donors (Lipinski definition) is 0. The highest BCUT2D eigenvalue weighted by atomic mass is 32.1. The Kier molecular flexibility index (Phi) is 3.90. The number of esters is 1. The second-order valence-corrected chi connectivity index (χ2v) is 4.63. The quantitative estimate of drug-likeness (QED) is 0.757. The first kappa shape index (κ1) is 11.5. The summed E-state index contributed by atoms with van der Waals surface area (Å²) in [7, 11) is 0. The average molecular weight is 241 g/mol. The van der Waals surface area contributed by atoms with Crippen LogP contribution in [0.15, 0.2) is 5.38 Å². The van der Waals surface area contributed by atoms with Crippen molar-refractivity contribution in [2.75, 3.05) is 13.2 Å². The Morgan fingerprint density at radius 1 is 1.75 bits per heavy atom. The van der Waals surface area contributed by atoms with Crippen LogP contribution in [0, 0.1) is 0 Å². The predicted octanol–water partition coefficient (Wildman–Crippen LogP) is 2.04. The molecule has 0 aliphatic carbocycles. The molecule has 1 saturated heterocycles. The molecular weight excluding hydrogens is 226 g/mol. The lowest BCUT2D eigenvalue weighted by Gasteiger charge is -2.05. The number of hydrogen-bond acceptors (Lipinski definition) is 5. The highest BCUT2D eigenvalue weighted by Crippen LogP contribution is 2.19. The summed E-state index contributed by atoms with van der Waals surface area (Å²) in [6.07, 6.45) is 3.31. The zero-order chi connectivity index (χ0) is 11.4. The molecule has 2 heterocycles. The molecule has 5 heteroatoms. The Bertz CT molecular complexity index is 358. The smallest absolute Gasteiger partial charge is 0.357 e. The van der Waals surface area contributed by atoms with Gasteiger partial charge in [-0.25, -0.2) is 9.78 Å². The van der Waals surface area contributed by atoms with E-state index in [1.807, 2.05) is 0 Å². The van der Waals surface area contributed by atoms with E-state index in [0.717, 1.165) is 30.9 Å². The van der Waals surface area contributed by atoms with E-state index >= 15 is 0 Å². The van der Waals surface area contributed by atoms with Gasteiger partial charge in [0.25, 0.3) is 0 Å². The minimum Gasteiger partial charge on any atom is -0.461 e. The molecule has 16 heavy (non-hydrogen) atoms. The molecular formula is C11H15NO3S. The van der Waals surface area contributed by atoms with E-state index in [1.54, 1.807) is 12.3 Å². The normalized spacial score (nSPS) is 19.9. The third-order valence-corrected chi connectivity index (χ3v) is 3.33. The van der Waals surface area contributed by atoms with Gasteiger partial charge in [-0.3, -0.25) is 0 Å². The maximum Gasteiger partial charge on any atom is 0.357 e. The molecule has 4 nitrogen and oxygen atoms in total. The molecule has 1 aliphatic rings. The average Bonchev–Trinajstić information content (AvgIpc) is 2.90. The van der Waals surface area contributed by atoms with E-state index < -0.39 is 0 Å². The van der Waals surface area contributed by atoms with Gasteiger partial charge in [-0.05, 0) is 19.8 Å². The third-order valence-electron chi connectivity index (χ3n) is 2.46. The van der Waals surface area contributed by atoms with E-state index in [0.29, 0.717) is 12.3 Å². The molecule has 1 aliphatic heterocycles. The second-order valence-electron chi connectivity index (χ2n) is 3.69. The van der Waals surface area contributed by atoms with Crippen molar-refractivity contribution in [2.24, 2.45) is 0 Å². The number of carbonyl (C=O) groups excluding carboxylic acids is 1. The highest BCUT2D eigenvalue weighted by molar-refractivity contribution is 7.09. The zero-order valence-electron chi connectivity index (χ0n) is 9.27. The summed E-state index contributed by atoms with van der Waals surface area (Å²) in [6, 6.07) is 0. The minimum atomic E-state index is -0.336. The van der Waals surface area contributed by atoms with Gasteiger partial charge in [-0.15, -0.1) is 11.3 Å². The summed E-state index contributed by atoms with van der Waals surface area (Å²) in [5.74, 6) is -0.336. The summed E-state index contributed by atoms with van der Waals surface area (Å²) in [5, 5.41) is 2.71. The van der Waals surface area contributed by atoms with Crippen molar-refractivity contribution in [1.82, 2.24) is 4.98 Å². The molecule has 0 amide bonds.